The molecule has 114 valence electrons. The molecule has 0 unspecified atom stereocenters. The Morgan fingerprint density at radius 3 is 2.86 bits per heavy atom. The number of methoxy groups -OCH3 is 1. The molecule has 2 aromatic heterocycles. The summed E-state index contributed by atoms with van der Waals surface area (Å²) in [6.45, 7) is 2.97. The predicted molar refractivity (Wildman–Crippen MR) is 79.3 cm³/mol. The average molecular weight is 313 g/mol. The highest BCUT2D eigenvalue weighted by Gasteiger charge is 2.14. The van der Waals surface area contributed by atoms with Crippen LogP contribution in [0.1, 0.15) is 18.9 Å². The molecule has 0 aliphatic rings. The molecule has 0 spiro atoms. The Hall–Kier alpha value is -1.86. The van der Waals surface area contributed by atoms with Gasteiger partial charge in [-0.3, -0.25) is 14.5 Å². The van der Waals surface area contributed by atoms with Gasteiger partial charge in [-0.2, -0.15) is 5.10 Å². The van der Waals surface area contributed by atoms with E-state index >= 15 is 0 Å². The van der Waals surface area contributed by atoms with Crippen molar-refractivity contribution in [2.75, 3.05) is 13.7 Å². The van der Waals surface area contributed by atoms with Gasteiger partial charge in [-0.25, -0.2) is 9.36 Å². The molecule has 0 saturated heterocycles. The maximum Gasteiger partial charge on any atom is 0.334 e. The highest BCUT2D eigenvalue weighted by Crippen LogP contribution is 2.10. The number of H-pyrrole nitrogens is 1. The Bertz CT molecular complexity index is 732. The van der Waals surface area contributed by atoms with Gasteiger partial charge in [0.1, 0.15) is 5.15 Å². The van der Waals surface area contributed by atoms with Crippen molar-refractivity contribution in [3.05, 3.63) is 43.9 Å². The summed E-state index contributed by atoms with van der Waals surface area (Å²) in [5, 5.41) is 4.21. The predicted octanol–water partition coefficient (Wildman–Crippen LogP) is 0.975. The maximum atomic E-state index is 12.4. The minimum absolute atomic E-state index is 0.106. The van der Waals surface area contributed by atoms with Crippen LogP contribution in [0.15, 0.2) is 22.0 Å². The lowest BCUT2D eigenvalue weighted by Gasteiger charge is -2.06. The van der Waals surface area contributed by atoms with Gasteiger partial charge in [0.15, 0.2) is 0 Å². The summed E-state index contributed by atoms with van der Waals surface area (Å²) in [7, 11) is 1.59. The van der Waals surface area contributed by atoms with Crippen molar-refractivity contribution in [1.29, 1.82) is 0 Å². The highest BCUT2D eigenvalue weighted by molar-refractivity contribution is 6.30. The molecule has 0 atom stereocenters. The fourth-order valence-corrected chi connectivity index (χ4v) is 2.28. The average Bonchev–Trinajstić information content (AvgIpc) is 2.89. The lowest BCUT2D eigenvalue weighted by Crippen LogP contribution is -2.36. The van der Waals surface area contributed by atoms with E-state index in [1.54, 1.807) is 18.0 Å². The number of hydrogen-bond donors (Lipinski definition) is 1. The van der Waals surface area contributed by atoms with E-state index in [0.29, 0.717) is 30.8 Å². The quantitative estimate of drug-likeness (QED) is 0.806. The number of ether oxygens (including phenoxy) is 1. The van der Waals surface area contributed by atoms with Crippen LogP contribution in [-0.2, 0) is 17.7 Å². The number of hydrogen-bond acceptors (Lipinski definition) is 4. The third kappa shape index (κ3) is 3.25. The number of rotatable bonds is 6. The molecule has 2 rings (SSSR count). The van der Waals surface area contributed by atoms with Crippen molar-refractivity contribution < 1.29 is 4.74 Å². The fourth-order valence-electron chi connectivity index (χ4n) is 2.02. The second-order valence-corrected chi connectivity index (χ2v) is 4.95. The monoisotopic (exact) mass is 312 g/mol. The van der Waals surface area contributed by atoms with Crippen LogP contribution in [0.4, 0.5) is 0 Å². The minimum Gasteiger partial charge on any atom is -0.383 e. The van der Waals surface area contributed by atoms with Crippen molar-refractivity contribution >= 4 is 11.6 Å². The van der Waals surface area contributed by atoms with E-state index in [9.17, 15) is 9.59 Å². The fraction of sp³-hybridized carbons (Fsp3) is 0.462. The number of nitrogens with zero attached hydrogens (tertiary/aromatic N) is 3. The standard InChI is InChI=1S/C13H17ClN4O3/c1-3-4-10-11(14)16-13(20)18(12(10)19)9-7-15-17(8-9)5-6-21-2/h7-8H,3-6H2,1-2H3,(H,16,20). The Labute approximate surface area is 126 Å². The van der Waals surface area contributed by atoms with Gasteiger partial charge in [0.25, 0.3) is 5.56 Å². The van der Waals surface area contributed by atoms with Gasteiger partial charge in [0.05, 0.1) is 30.6 Å². The molecule has 0 aliphatic heterocycles. The van der Waals surface area contributed by atoms with Gasteiger partial charge < -0.3 is 4.74 Å². The van der Waals surface area contributed by atoms with E-state index in [1.807, 2.05) is 6.92 Å². The van der Waals surface area contributed by atoms with Crippen LogP contribution < -0.4 is 11.2 Å². The van der Waals surface area contributed by atoms with Gasteiger partial charge in [0, 0.05) is 13.3 Å². The Balaban J connectivity index is 2.48. The first-order valence-electron chi connectivity index (χ1n) is 6.64. The summed E-state index contributed by atoms with van der Waals surface area (Å²) >= 11 is 5.94. The third-order valence-corrected chi connectivity index (χ3v) is 3.37. The Morgan fingerprint density at radius 1 is 1.43 bits per heavy atom. The van der Waals surface area contributed by atoms with E-state index in [0.717, 1.165) is 11.0 Å². The summed E-state index contributed by atoms with van der Waals surface area (Å²) < 4.78 is 7.62. The van der Waals surface area contributed by atoms with Crippen molar-refractivity contribution in [3.8, 4) is 5.69 Å². The molecule has 0 aromatic carbocycles. The molecular weight excluding hydrogens is 296 g/mol. The van der Waals surface area contributed by atoms with E-state index in [4.69, 9.17) is 16.3 Å². The molecular formula is C13H17ClN4O3. The molecule has 0 saturated carbocycles. The first-order valence-corrected chi connectivity index (χ1v) is 7.01. The molecule has 0 fully saturated rings. The second-order valence-electron chi connectivity index (χ2n) is 4.57. The number of aromatic amines is 1. The van der Waals surface area contributed by atoms with Gasteiger partial charge in [-0.1, -0.05) is 24.9 Å². The number of halogens is 1. The van der Waals surface area contributed by atoms with Crippen molar-refractivity contribution in [3.63, 3.8) is 0 Å². The molecule has 1 N–H and O–H groups in total. The van der Waals surface area contributed by atoms with Crippen molar-refractivity contribution in [1.82, 2.24) is 19.3 Å². The molecule has 7 nitrogen and oxygen atoms in total. The maximum absolute atomic E-state index is 12.4. The summed E-state index contributed by atoms with van der Waals surface area (Å²) in [5.41, 5.74) is -0.164. The zero-order valence-corrected chi connectivity index (χ0v) is 12.7. The second kappa shape index (κ2) is 6.73. The lowest BCUT2D eigenvalue weighted by atomic mass is 10.2. The van der Waals surface area contributed by atoms with Gasteiger partial charge in [-0.05, 0) is 6.42 Å². The highest BCUT2D eigenvalue weighted by atomic mass is 35.5. The normalized spacial score (nSPS) is 11.0. The van der Waals surface area contributed by atoms with Gasteiger partial charge in [0.2, 0.25) is 0 Å². The molecule has 21 heavy (non-hydrogen) atoms. The lowest BCUT2D eigenvalue weighted by molar-refractivity contribution is 0.183. The van der Waals surface area contributed by atoms with Gasteiger partial charge in [-0.15, -0.1) is 0 Å². The molecule has 2 heterocycles. The first-order chi connectivity index (χ1) is 10.1. The van der Waals surface area contributed by atoms with E-state index in [-0.39, 0.29) is 5.15 Å². The summed E-state index contributed by atoms with van der Waals surface area (Å²) in [6.07, 6.45) is 4.36. The number of aromatic nitrogens is 4. The van der Waals surface area contributed by atoms with Crippen LogP contribution >= 0.6 is 11.6 Å². The van der Waals surface area contributed by atoms with Crippen LogP contribution in [0.5, 0.6) is 0 Å². The molecule has 0 amide bonds. The van der Waals surface area contributed by atoms with E-state index in [2.05, 4.69) is 10.1 Å². The molecule has 0 aliphatic carbocycles. The largest absolute Gasteiger partial charge is 0.383 e. The van der Waals surface area contributed by atoms with Crippen molar-refractivity contribution in [2.45, 2.75) is 26.3 Å². The zero-order valence-electron chi connectivity index (χ0n) is 11.9. The summed E-state index contributed by atoms with van der Waals surface area (Å²) in [6, 6.07) is 0. The third-order valence-electron chi connectivity index (χ3n) is 3.05. The Kier molecular flexibility index (Phi) is 4.98. The zero-order chi connectivity index (χ0) is 15.4. The van der Waals surface area contributed by atoms with Crippen molar-refractivity contribution in [2.24, 2.45) is 0 Å². The molecule has 2 aromatic rings. The SMILES string of the molecule is CCCc1c(Cl)[nH]c(=O)n(-c2cnn(CCOC)c2)c1=O. The van der Waals surface area contributed by atoms with E-state index < -0.39 is 11.2 Å². The molecule has 0 bridgehead atoms. The Morgan fingerprint density at radius 2 is 2.19 bits per heavy atom. The van der Waals surface area contributed by atoms with Crippen LogP contribution in [0.25, 0.3) is 5.69 Å². The summed E-state index contributed by atoms with van der Waals surface area (Å²) in [4.78, 5) is 26.9. The summed E-state index contributed by atoms with van der Waals surface area (Å²) in [5.74, 6) is 0. The molecule has 0 radical (unpaired) electrons. The van der Waals surface area contributed by atoms with Crippen LogP contribution in [-0.4, -0.2) is 33.0 Å². The minimum atomic E-state index is -0.573. The topological polar surface area (TPSA) is 81.9 Å². The number of nitrogens with one attached hydrogen (secondary N) is 1. The van der Waals surface area contributed by atoms with Gasteiger partial charge >= 0.3 is 5.69 Å². The van der Waals surface area contributed by atoms with Crippen LogP contribution in [0.3, 0.4) is 0 Å². The van der Waals surface area contributed by atoms with Crippen LogP contribution in [0, 0.1) is 0 Å². The molecule has 8 heteroatoms. The first kappa shape index (κ1) is 15.5. The van der Waals surface area contributed by atoms with Crippen LogP contribution in [0.2, 0.25) is 5.15 Å². The smallest absolute Gasteiger partial charge is 0.334 e. The van der Waals surface area contributed by atoms with E-state index in [1.165, 1.54) is 6.20 Å².